The molecular weight excluding hydrogens is 390 g/mol. The van der Waals surface area contributed by atoms with Crippen LogP contribution in [-0.4, -0.2) is 64.1 Å². The van der Waals surface area contributed by atoms with E-state index in [1.165, 1.54) is 4.31 Å². The summed E-state index contributed by atoms with van der Waals surface area (Å²) in [6.07, 6.45) is 2.97. The van der Waals surface area contributed by atoms with Crippen molar-refractivity contribution >= 4 is 28.3 Å². The fourth-order valence-corrected chi connectivity index (χ4v) is 4.70. The van der Waals surface area contributed by atoms with Crippen molar-refractivity contribution in [2.45, 2.75) is 36.6 Å². The lowest BCUT2D eigenvalue weighted by Gasteiger charge is -2.26. The summed E-state index contributed by atoms with van der Waals surface area (Å²) in [6.45, 7) is 3.54. The average molecular weight is 418 g/mol. The zero-order chi connectivity index (χ0) is 18.4. The van der Waals surface area contributed by atoms with E-state index in [9.17, 15) is 13.2 Å². The lowest BCUT2D eigenvalue weighted by atomic mass is 10.1. The number of benzene rings is 1. The van der Waals surface area contributed by atoms with Crippen LogP contribution in [-0.2, 0) is 26.0 Å². The molecule has 2 fully saturated rings. The first kappa shape index (κ1) is 22.1. The number of nitrogens with one attached hydrogen (secondary N) is 2. The molecule has 0 radical (unpaired) electrons. The van der Waals surface area contributed by atoms with E-state index in [0.29, 0.717) is 44.0 Å². The van der Waals surface area contributed by atoms with Crippen LogP contribution >= 0.6 is 12.4 Å². The highest BCUT2D eigenvalue weighted by atomic mass is 35.5. The number of aryl methyl sites for hydroxylation is 1. The first-order chi connectivity index (χ1) is 12.6. The van der Waals surface area contributed by atoms with Crippen LogP contribution in [0.25, 0.3) is 0 Å². The van der Waals surface area contributed by atoms with E-state index in [2.05, 4.69) is 10.6 Å². The highest BCUT2D eigenvalue weighted by Gasteiger charge is 2.26. The summed E-state index contributed by atoms with van der Waals surface area (Å²) in [5, 5.41) is 6.35. The molecule has 2 saturated heterocycles. The molecule has 2 aliphatic rings. The number of amides is 1. The molecule has 2 heterocycles. The number of hydrogen-bond acceptors (Lipinski definition) is 5. The molecule has 0 saturated carbocycles. The second-order valence-electron chi connectivity index (χ2n) is 6.75. The molecule has 2 aliphatic heterocycles. The summed E-state index contributed by atoms with van der Waals surface area (Å²) >= 11 is 0. The number of ether oxygens (including phenoxy) is 1. The van der Waals surface area contributed by atoms with Gasteiger partial charge in [-0.15, -0.1) is 12.4 Å². The van der Waals surface area contributed by atoms with E-state index in [4.69, 9.17) is 4.74 Å². The Morgan fingerprint density at radius 2 is 1.78 bits per heavy atom. The number of piperidine rings is 1. The maximum absolute atomic E-state index is 12.6. The van der Waals surface area contributed by atoms with Gasteiger partial charge >= 0.3 is 0 Å². The van der Waals surface area contributed by atoms with E-state index < -0.39 is 10.0 Å². The molecule has 1 amide bonds. The number of sulfonamides is 1. The molecule has 0 unspecified atom stereocenters. The third-order valence-corrected chi connectivity index (χ3v) is 6.79. The van der Waals surface area contributed by atoms with Gasteiger partial charge < -0.3 is 15.4 Å². The molecule has 0 aliphatic carbocycles. The molecule has 2 N–H and O–H groups in total. The zero-order valence-electron chi connectivity index (χ0n) is 15.4. The van der Waals surface area contributed by atoms with Crippen LogP contribution in [0.3, 0.4) is 0 Å². The molecule has 0 bridgehead atoms. The number of hydrogen-bond donors (Lipinski definition) is 2. The summed E-state index contributed by atoms with van der Waals surface area (Å²) in [7, 11) is -3.46. The number of nitrogens with zero attached hydrogens (tertiary/aromatic N) is 1. The minimum atomic E-state index is -3.46. The first-order valence-corrected chi connectivity index (χ1v) is 10.7. The minimum Gasteiger partial charge on any atom is -0.379 e. The molecule has 0 atom stereocenters. The number of halogens is 1. The van der Waals surface area contributed by atoms with Gasteiger partial charge in [-0.2, -0.15) is 4.31 Å². The molecule has 1 aromatic rings. The van der Waals surface area contributed by atoms with Gasteiger partial charge in [0.25, 0.3) is 0 Å². The molecule has 152 valence electrons. The van der Waals surface area contributed by atoms with Gasteiger partial charge in [-0.1, -0.05) is 12.1 Å². The molecular formula is C18H28ClN3O4S. The summed E-state index contributed by atoms with van der Waals surface area (Å²) in [4.78, 5) is 12.4. The average Bonchev–Trinajstić information content (AvgIpc) is 2.68. The van der Waals surface area contributed by atoms with E-state index >= 15 is 0 Å². The molecule has 0 spiro atoms. The third-order valence-electron chi connectivity index (χ3n) is 4.88. The van der Waals surface area contributed by atoms with Gasteiger partial charge in [0.05, 0.1) is 18.1 Å². The SMILES string of the molecule is Cl.O=C(CCc1ccc(S(=O)(=O)N2CCOCC2)cc1)NC1CCNCC1. The predicted molar refractivity (Wildman–Crippen MR) is 106 cm³/mol. The largest absolute Gasteiger partial charge is 0.379 e. The number of rotatable bonds is 6. The predicted octanol–water partition coefficient (Wildman–Crippen LogP) is 0.930. The van der Waals surface area contributed by atoms with Crippen molar-refractivity contribution in [1.82, 2.24) is 14.9 Å². The number of carbonyl (C=O) groups excluding carboxylic acids is 1. The molecule has 0 aromatic heterocycles. The van der Waals surface area contributed by atoms with Crippen LogP contribution in [0.15, 0.2) is 29.2 Å². The summed E-state index contributed by atoms with van der Waals surface area (Å²) in [5.41, 5.74) is 0.964. The van der Waals surface area contributed by atoms with Gasteiger partial charge in [0.1, 0.15) is 0 Å². The minimum absolute atomic E-state index is 0. The molecule has 3 rings (SSSR count). The fraction of sp³-hybridized carbons (Fsp3) is 0.611. The second-order valence-corrected chi connectivity index (χ2v) is 8.69. The standard InChI is InChI=1S/C18H27N3O4S.ClH/c22-18(20-16-7-9-19-10-8-16)6-3-15-1-4-17(5-2-15)26(23,24)21-11-13-25-14-12-21;/h1-2,4-5,16,19H,3,6-14H2,(H,20,22);1H. The summed E-state index contributed by atoms with van der Waals surface area (Å²) < 4.78 is 31.8. The Bertz CT molecular complexity index is 700. The van der Waals surface area contributed by atoms with Crippen LogP contribution in [0.4, 0.5) is 0 Å². The van der Waals surface area contributed by atoms with E-state index in [0.717, 1.165) is 31.5 Å². The van der Waals surface area contributed by atoms with Crippen molar-refractivity contribution in [3.05, 3.63) is 29.8 Å². The molecule has 1 aromatic carbocycles. The molecule has 9 heteroatoms. The van der Waals surface area contributed by atoms with Gasteiger partial charge in [0.15, 0.2) is 0 Å². The summed E-state index contributed by atoms with van der Waals surface area (Å²) in [5.74, 6) is 0.0573. The molecule has 27 heavy (non-hydrogen) atoms. The van der Waals surface area contributed by atoms with Crippen molar-refractivity contribution in [3.63, 3.8) is 0 Å². The second kappa shape index (κ2) is 10.4. The van der Waals surface area contributed by atoms with Crippen LogP contribution in [0.5, 0.6) is 0 Å². The quantitative estimate of drug-likeness (QED) is 0.719. The Kier molecular flexibility index (Phi) is 8.50. The Hall–Kier alpha value is -1.19. The maximum Gasteiger partial charge on any atom is 0.243 e. The van der Waals surface area contributed by atoms with Crippen molar-refractivity contribution in [2.75, 3.05) is 39.4 Å². The van der Waals surface area contributed by atoms with Crippen LogP contribution in [0.1, 0.15) is 24.8 Å². The van der Waals surface area contributed by atoms with Crippen LogP contribution in [0, 0.1) is 0 Å². The van der Waals surface area contributed by atoms with Crippen molar-refractivity contribution < 1.29 is 17.9 Å². The normalized spacial score (nSPS) is 19.3. The van der Waals surface area contributed by atoms with E-state index in [1.807, 2.05) is 0 Å². The topological polar surface area (TPSA) is 87.7 Å². The van der Waals surface area contributed by atoms with Crippen molar-refractivity contribution in [2.24, 2.45) is 0 Å². The highest BCUT2D eigenvalue weighted by Crippen LogP contribution is 2.18. The van der Waals surface area contributed by atoms with Gasteiger partial charge in [-0.3, -0.25) is 4.79 Å². The lowest BCUT2D eigenvalue weighted by Crippen LogP contribution is -2.42. The van der Waals surface area contributed by atoms with Crippen LogP contribution < -0.4 is 10.6 Å². The Labute approximate surface area is 167 Å². The monoisotopic (exact) mass is 417 g/mol. The van der Waals surface area contributed by atoms with Gasteiger partial charge in [-0.05, 0) is 50.0 Å². The fourth-order valence-electron chi connectivity index (χ4n) is 3.29. The lowest BCUT2D eigenvalue weighted by molar-refractivity contribution is -0.121. The maximum atomic E-state index is 12.6. The Balaban J connectivity index is 0.00000261. The smallest absolute Gasteiger partial charge is 0.243 e. The van der Waals surface area contributed by atoms with Crippen molar-refractivity contribution in [1.29, 1.82) is 0 Å². The van der Waals surface area contributed by atoms with Gasteiger partial charge in [-0.25, -0.2) is 8.42 Å². The number of morpholine rings is 1. The van der Waals surface area contributed by atoms with Gasteiger partial charge in [0, 0.05) is 25.6 Å². The molecule has 7 nitrogen and oxygen atoms in total. The van der Waals surface area contributed by atoms with Gasteiger partial charge in [0.2, 0.25) is 15.9 Å². The highest BCUT2D eigenvalue weighted by molar-refractivity contribution is 7.89. The Morgan fingerprint density at radius 1 is 1.15 bits per heavy atom. The first-order valence-electron chi connectivity index (χ1n) is 9.22. The number of carbonyl (C=O) groups is 1. The summed E-state index contributed by atoms with van der Waals surface area (Å²) in [6, 6.07) is 7.12. The van der Waals surface area contributed by atoms with E-state index in [-0.39, 0.29) is 24.4 Å². The third kappa shape index (κ3) is 6.15. The van der Waals surface area contributed by atoms with Crippen LogP contribution in [0.2, 0.25) is 0 Å². The van der Waals surface area contributed by atoms with E-state index in [1.54, 1.807) is 24.3 Å². The zero-order valence-corrected chi connectivity index (χ0v) is 17.0. The van der Waals surface area contributed by atoms with Crippen molar-refractivity contribution in [3.8, 4) is 0 Å². The Morgan fingerprint density at radius 3 is 2.41 bits per heavy atom.